The average Bonchev–Trinajstić information content (AvgIpc) is 3.18. The Balaban J connectivity index is 1.66. The first-order chi connectivity index (χ1) is 15.4. The van der Waals surface area contributed by atoms with E-state index >= 15 is 0 Å². The fraction of sp³-hybridized carbons (Fsp3) is 0.231. The van der Waals surface area contributed by atoms with E-state index in [1.54, 1.807) is 16.4 Å². The Bertz CT molecular complexity index is 1370. The standard InChI is InChI=1S/C26H25ClN2O2S/c1-17(2)18-9-13-21(14-10-18)32(30,31)29-16-15-23-22-5-3-4-6-24(22)28-25(23)26(29)19-7-11-20(27)12-8-19/h3-14,17,26,28H,15-16H2,1-2H3/t26-/m1/s1. The molecule has 1 aliphatic heterocycles. The molecule has 0 unspecified atom stereocenters. The number of rotatable bonds is 4. The van der Waals surface area contributed by atoms with Crippen LogP contribution in [0.1, 0.15) is 48.2 Å². The highest BCUT2D eigenvalue weighted by molar-refractivity contribution is 7.89. The second kappa shape index (κ2) is 8.07. The molecule has 0 saturated heterocycles. The predicted molar refractivity (Wildman–Crippen MR) is 130 cm³/mol. The minimum absolute atomic E-state index is 0.320. The van der Waals surface area contributed by atoms with Crippen LogP contribution in [0.25, 0.3) is 10.9 Å². The molecule has 6 heteroatoms. The highest BCUT2D eigenvalue weighted by atomic mass is 35.5. The lowest BCUT2D eigenvalue weighted by atomic mass is 9.94. The third-order valence-electron chi connectivity index (χ3n) is 6.33. The largest absolute Gasteiger partial charge is 0.357 e. The molecule has 0 bridgehead atoms. The first kappa shape index (κ1) is 21.3. The summed E-state index contributed by atoms with van der Waals surface area (Å²) in [5.74, 6) is 0.345. The van der Waals surface area contributed by atoms with Crippen molar-refractivity contribution in [3.63, 3.8) is 0 Å². The summed E-state index contributed by atoms with van der Waals surface area (Å²) < 4.78 is 29.3. The summed E-state index contributed by atoms with van der Waals surface area (Å²) >= 11 is 6.14. The van der Waals surface area contributed by atoms with Gasteiger partial charge < -0.3 is 4.98 Å². The van der Waals surface area contributed by atoms with Gasteiger partial charge in [0.15, 0.2) is 0 Å². The van der Waals surface area contributed by atoms with Gasteiger partial charge in [-0.1, -0.05) is 67.9 Å². The van der Waals surface area contributed by atoms with Crippen molar-refractivity contribution in [3.05, 3.63) is 100 Å². The van der Waals surface area contributed by atoms with E-state index in [0.717, 1.165) is 27.7 Å². The number of benzene rings is 3. The second-order valence-corrected chi connectivity index (χ2v) is 10.9. The molecule has 0 aliphatic carbocycles. The predicted octanol–water partition coefficient (Wildman–Crippen LogP) is 6.28. The molecule has 1 aliphatic rings. The van der Waals surface area contributed by atoms with Crippen LogP contribution >= 0.6 is 11.6 Å². The van der Waals surface area contributed by atoms with E-state index in [0.29, 0.717) is 28.8 Å². The monoisotopic (exact) mass is 464 g/mol. The number of fused-ring (bicyclic) bond motifs is 3. The summed E-state index contributed by atoms with van der Waals surface area (Å²) in [6.45, 7) is 4.61. The molecule has 0 saturated carbocycles. The minimum atomic E-state index is -3.71. The number of sulfonamides is 1. The van der Waals surface area contributed by atoms with Crippen LogP contribution in [-0.2, 0) is 16.4 Å². The molecule has 4 nitrogen and oxygen atoms in total. The van der Waals surface area contributed by atoms with E-state index in [1.165, 1.54) is 5.56 Å². The number of H-pyrrole nitrogens is 1. The third-order valence-corrected chi connectivity index (χ3v) is 8.46. The Morgan fingerprint density at radius 3 is 2.34 bits per heavy atom. The Morgan fingerprint density at radius 2 is 1.66 bits per heavy atom. The summed E-state index contributed by atoms with van der Waals surface area (Å²) in [5, 5.41) is 1.78. The van der Waals surface area contributed by atoms with Gasteiger partial charge in [0.1, 0.15) is 0 Å². The van der Waals surface area contributed by atoms with Gasteiger partial charge in [0.2, 0.25) is 10.0 Å². The fourth-order valence-electron chi connectivity index (χ4n) is 4.62. The molecule has 1 aromatic heterocycles. The number of nitrogens with one attached hydrogen (secondary N) is 1. The lowest BCUT2D eigenvalue weighted by Crippen LogP contribution is -2.40. The molecule has 5 rings (SSSR count). The van der Waals surface area contributed by atoms with Crippen LogP contribution in [-0.4, -0.2) is 24.3 Å². The van der Waals surface area contributed by atoms with E-state index in [2.05, 4.69) is 24.9 Å². The molecule has 1 N–H and O–H groups in total. The molecule has 2 heterocycles. The number of nitrogens with zero attached hydrogens (tertiary/aromatic N) is 1. The number of para-hydroxylation sites is 1. The summed E-state index contributed by atoms with van der Waals surface area (Å²) in [4.78, 5) is 3.84. The van der Waals surface area contributed by atoms with Crippen LogP contribution in [0.5, 0.6) is 0 Å². The van der Waals surface area contributed by atoms with Crippen molar-refractivity contribution in [3.8, 4) is 0 Å². The topological polar surface area (TPSA) is 53.2 Å². The number of hydrogen-bond acceptors (Lipinski definition) is 2. The molecular weight excluding hydrogens is 440 g/mol. The van der Waals surface area contributed by atoms with Crippen LogP contribution in [0.15, 0.2) is 77.7 Å². The molecule has 4 aromatic rings. The van der Waals surface area contributed by atoms with Gasteiger partial charge in [-0.05, 0) is 59.4 Å². The summed E-state index contributed by atoms with van der Waals surface area (Å²) in [7, 11) is -3.71. The van der Waals surface area contributed by atoms with Crippen molar-refractivity contribution in [2.24, 2.45) is 0 Å². The van der Waals surface area contributed by atoms with Crippen LogP contribution in [0.4, 0.5) is 0 Å². The van der Waals surface area contributed by atoms with E-state index < -0.39 is 16.1 Å². The molecule has 0 spiro atoms. The van der Waals surface area contributed by atoms with Crippen molar-refractivity contribution in [1.82, 2.24) is 9.29 Å². The van der Waals surface area contributed by atoms with Gasteiger partial charge in [-0.2, -0.15) is 4.31 Å². The Kier molecular flexibility index (Phi) is 5.36. The van der Waals surface area contributed by atoms with E-state index in [1.807, 2.05) is 54.6 Å². The van der Waals surface area contributed by atoms with Crippen LogP contribution in [0.2, 0.25) is 5.02 Å². The van der Waals surface area contributed by atoms with Crippen LogP contribution in [0.3, 0.4) is 0 Å². The zero-order chi connectivity index (χ0) is 22.5. The number of aromatic amines is 1. The summed E-state index contributed by atoms with van der Waals surface area (Å²) in [6.07, 6.45) is 0.659. The SMILES string of the molecule is CC(C)c1ccc(S(=O)(=O)N2CCc3c([nH]c4ccccc34)[C@H]2c2ccc(Cl)cc2)cc1. The normalized spacial score (nSPS) is 17.1. The molecular formula is C26H25ClN2O2S. The second-order valence-electron chi connectivity index (χ2n) is 8.61. The van der Waals surface area contributed by atoms with Crippen molar-refractivity contribution in [1.29, 1.82) is 0 Å². The Hall–Kier alpha value is -2.60. The van der Waals surface area contributed by atoms with Gasteiger partial charge in [-0.25, -0.2) is 8.42 Å². The summed E-state index contributed by atoms with van der Waals surface area (Å²) in [6, 6.07) is 22.4. The van der Waals surface area contributed by atoms with Gasteiger partial charge in [-0.3, -0.25) is 0 Å². The maximum Gasteiger partial charge on any atom is 0.244 e. The summed E-state index contributed by atoms with van der Waals surface area (Å²) in [5.41, 5.74) is 5.15. The van der Waals surface area contributed by atoms with Crippen molar-refractivity contribution in [2.45, 2.75) is 37.1 Å². The van der Waals surface area contributed by atoms with Gasteiger partial charge in [0.05, 0.1) is 10.9 Å². The van der Waals surface area contributed by atoms with E-state index in [9.17, 15) is 8.42 Å². The zero-order valence-corrected chi connectivity index (χ0v) is 19.6. The smallest absolute Gasteiger partial charge is 0.244 e. The first-order valence-electron chi connectivity index (χ1n) is 10.8. The van der Waals surface area contributed by atoms with E-state index in [4.69, 9.17) is 11.6 Å². The van der Waals surface area contributed by atoms with Crippen molar-refractivity contribution < 1.29 is 8.42 Å². The number of halogens is 1. The lowest BCUT2D eigenvalue weighted by Gasteiger charge is -2.35. The first-order valence-corrected chi connectivity index (χ1v) is 12.6. The molecule has 0 radical (unpaired) electrons. The van der Waals surface area contributed by atoms with E-state index in [-0.39, 0.29) is 0 Å². The van der Waals surface area contributed by atoms with Gasteiger partial charge in [0, 0.05) is 28.2 Å². The highest BCUT2D eigenvalue weighted by Gasteiger charge is 2.39. The van der Waals surface area contributed by atoms with Crippen molar-refractivity contribution in [2.75, 3.05) is 6.54 Å². The minimum Gasteiger partial charge on any atom is -0.357 e. The Morgan fingerprint density at radius 1 is 0.969 bits per heavy atom. The van der Waals surface area contributed by atoms with Crippen LogP contribution < -0.4 is 0 Å². The molecule has 164 valence electrons. The van der Waals surface area contributed by atoms with Gasteiger partial charge in [0.25, 0.3) is 0 Å². The molecule has 32 heavy (non-hydrogen) atoms. The lowest BCUT2D eigenvalue weighted by molar-refractivity contribution is 0.340. The van der Waals surface area contributed by atoms with Gasteiger partial charge in [-0.15, -0.1) is 0 Å². The zero-order valence-electron chi connectivity index (χ0n) is 18.0. The quantitative estimate of drug-likeness (QED) is 0.386. The third kappa shape index (κ3) is 3.54. The average molecular weight is 465 g/mol. The fourth-order valence-corrected chi connectivity index (χ4v) is 6.33. The maximum atomic E-state index is 13.8. The molecule has 3 aromatic carbocycles. The molecule has 0 fully saturated rings. The highest BCUT2D eigenvalue weighted by Crippen LogP contribution is 2.41. The maximum absolute atomic E-state index is 13.8. The van der Waals surface area contributed by atoms with Gasteiger partial charge >= 0.3 is 0 Å². The number of hydrogen-bond donors (Lipinski definition) is 1. The Labute approximate surface area is 193 Å². The van der Waals surface area contributed by atoms with Crippen molar-refractivity contribution >= 4 is 32.5 Å². The van der Waals surface area contributed by atoms with Crippen LogP contribution in [0, 0.1) is 0 Å². The number of aromatic nitrogens is 1. The molecule has 1 atom stereocenters. The molecule has 0 amide bonds.